The van der Waals surface area contributed by atoms with Crippen molar-refractivity contribution < 1.29 is 0 Å². The van der Waals surface area contributed by atoms with Crippen LogP contribution in [0.5, 0.6) is 0 Å². The van der Waals surface area contributed by atoms with Gasteiger partial charge in [0.1, 0.15) is 11.3 Å². The lowest BCUT2D eigenvalue weighted by molar-refractivity contribution is 1.12. The van der Waals surface area contributed by atoms with Crippen molar-refractivity contribution >= 4 is 55.7 Å². The van der Waals surface area contributed by atoms with E-state index in [2.05, 4.69) is 32.7 Å². The van der Waals surface area contributed by atoms with Gasteiger partial charge in [-0.25, -0.2) is 5.53 Å². The highest BCUT2D eigenvalue weighted by atomic mass is 127. The van der Waals surface area contributed by atoms with Crippen LogP contribution in [0.3, 0.4) is 0 Å². The third-order valence-corrected chi connectivity index (χ3v) is 4.30. The molecule has 6 heteroatoms. The molecule has 0 radical (unpaired) electrons. The van der Waals surface area contributed by atoms with Crippen LogP contribution in [-0.2, 0) is 0 Å². The number of H-pyrrole nitrogens is 1. The van der Waals surface area contributed by atoms with Crippen LogP contribution in [0.15, 0.2) is 52.4 Å². The number of nitrogens with zero attached hydrogens (tertiary/aromatic N) is 2. The molecule has 2 aromatic carbocycles. The molecule has 0 amide bonds. The summed E-state index contributed by atoms with van der Waals surface area (Å²) in [6.45, 7) is 0. The second-order valence-corrected chi connectivity index (χ2v) is 6.03. The van der Waals surface area contributed by atoms with Crippen molar-refractivity contribution in [2.45, 2.75) is 0 Å². The summed E-state index contributed by atoms with van der Waals surface area (Å²) in [5, 5.41) is 5.06. The van der Waals surface area contributed by atoms with E-state index < -0.39 is 0 Å². The normalized spacial score (nSPS) is 11.5. The van der Waals surface area contributed by atoms with Crippen LogP contribution < -0.4 is 5.56 Å². The number of rotatable bonds is 1. The summed E-state index contributed by atoms with van der Waals surface area (Å²) in [4.78, 5) is 16.0. The van der Waals surface area contributed by atoms with Crippen molar-refractivity contribution in [3.63, 3.8) is 0 Å². The van der Waals surface area contributed by atoms with Gasteiger partial charge in [0.15, 0.2) is 0 Å². The molecule has 0 unspecified atom stereocenters. The van der Waals surface area contributed by atoms with E-state index in [1.807, 2.05) is 36.4 Å². The van der Waals surface area contributed by atoms with E-state index in [0.717, 1.165) is 20.0 Å². The summed E-state index contributed by atoms with van der Waals surface area (Å²) in [6, 6.07) is 13.1. The van der Waals surface area contributed by atoms with Gasteiger partial charge in [0.05, 0.1) is 16.4 Å². The maximum atomic E-state index is 12.8. The molecule has 4 aromatic rings. The highest BCUT2D eigenvalue weighted by Gasteiger charge is 2.16. The molecule has 0 aliphatic carbocycles. The Balaban J connectivity index is 2.39. The number of para-hydroxylation sites is 1. The molecule has 0 bridgehead atoms. The van der Waals surface area contributed by atoms with Crippen LogP contribution in [0.25, 0.3) is 27.5 Å². The summed E-state index contributed by atoms with van der Waals surface area (Å²) < 4.78 is 2.64. The first-order valence-corrected chi connectivity index (χ1v) is 7.41. The molecule has 4 rings (SSSR count). The van der Waals surface area contributed by atoms with Crippen molar-refractivity contribution in [2.24, 2.45) is 5.11 Å². The van der Waals surface area contributed by atoms with Gasteiger partial charge in [-0.15, -0.1) is 0 Å². The fourth-order valence-electron chi connectivity index (χ4n) is 2.71. The first-order chi connectivity index (χ1) is 10.2. The van der Waals surface area contributed by atoms with E-state index >= 15 is 0 Å². The van der Waals surface area contributed by atoms with Crippen LogP contribution in [0.4, 0.5) is 5.69 Å². The van der Waals surface area contributed by atoms with Gasteiger partial charge in [-0.2, -0.15) is 5.11 Å². The Bertz CT molecular complexity index is 1090. The van der Waals surface area contributed by atoms with Gasteiger partial charge in [0.25, 0.3) is 5.56 Å². The molecule has 0 aliphatic rings. The average molecular weight is 388 g/mol. The van der Waals surface area contributed by atoms with E-state index in [9.17, 15) is 4.79 Å². The number of aromatic nitrogens is 2. The second kappa shape index (κ2) is 4.39. The number of aromatic amines is 1. The molecule has 2 N–H and O–H groups in total. The molecule has 5 nitrogen and oxygen atoms in total. The Labute approximate surface area is 132 Å². The van der Waals surface area contributed by atoms with Crippen LogP contribution >= 0.6 is 22.6 Å². The van der Waals surface area contributed by atoms with E-state index in [0.29, 0.717) is 16.7 Å². The molecule has 21 heavy (non-hydrogen) atoms. The lowest BCUT2D eigenvalue weighted by Crippen LogP contribution is -2.13. The third kappa shape index (κ3) is 1.65. The maximum absolute atomic E-state index is 12.8. The number of nitrogens with one attached hydrogen (secondary N) is 2. The predicted molar refractivity (Wildman–Crippen MR) is 90.6 cm³/mol. The molecule has 0 fully saturated rings. The fourth-order valence-corrected chi connectivity index (χ4v) is 3.20. The van der Waals surface area contributed by atoms with E-state index in [1.165, 1.54) is 0 Å². The summed E-state index contributed by atoms with van der Waals surface area (Å²) >= 11 is 2.21. The standard InChI is InChI=1S/C15H9IN4O/c16-8-5-6-12-10(7-8)13(19-17)14-18-11-4-2-1-3-9(11)15(21)20(12)14/h1-7,17-18H. The first-order valence-electron chi connectivity index (χ1n) is 6.33. The van der Waals surface area contributed by atoms with Gasteiger partial charge in [0.2, 0.25) is 0 Å². The van der Waals surface area contributed by atoms with Gasteiger partial charge in [-0.3, -0.25) is 9.20 Å². The van der Waals surface area contributed by atoms with Crippen molar-refractivity contribution in [1.29, 1.82) is 5.53 Å². The van der Waals surface area contributed by atoms with Crippen LogP contribution in [0.1, 0.15) is 0 Å². The number of hydrogen-bond donors (Lipinski definition) is 2. The van der Waals surface area contributed by atoms with Crippen LogP contribution in [-0.4, -0.2) is 9.38 Å². The smallest absolute Gasteiger partial charge is 0.266 e. The zero-order valence-electron chi connectivity index (χ0n) is 10.7. The van der Waals surface area contributed by atoms with Crippen molar-refractivity contribution in [3.8, 4) is 0 Å². The summed E-state index contributed by atoms with van der Waals surface area (Å²) in [5.74, 6) is 0. The Morgan fingerprint density at radius 1 is 1.14 bits per heavy atom. The molecular weight excluding hydrogens is 379 g/mol. The molecule has 0 atom stereocenters. The zero-order valence-corrected chi connectivity index (χ0v) is 12.9. The van der Waals surface area contributed by atoms with E-state index in [-0.39, 0.29) is 5.56 Å². The number of hydrogen-bond acceptors (Lipinski definition) is 3. The Morgan fingerprint density at radius 2 is 1.95 bits per heavy atom. The van der Waals surface area contributed by atoms with Crippen molar-refractivity contribution in [1.82, 2.24) is 9.38 Å². The monoisotopic (exact) mass is 388 g/mol. The van der Waals surface area contributed by atoms with Gasteiger partial charge >= 0.3 is 0 Å². The lowest BCUT2D eigenvalue weighted by Gasteiger charge is -2.01. The summed E-state index contributed by atoms with van der Waals surface area (Å²) in [5.41, 5.74) is 9.93. The average Bonchev–Trinajstić information content (AvgIpc) is 2.80. The molecule has 0 aliphatic heterocycles. The minimum Gasteiger partial charge on any atom is -0.339 e. The maximum Gasteiger partial charge on any atom is 0.266 e. The van der Waals surface area contributed by atoms with Gasteiger partial charge in [-0.05, 0) is 52.9 Å². The van der Waals surface area contributed by atoms with Gasteiger partial charge < -0.3 is 4.98 Å². The Hall–Kier alpha value is -2.22. The van der Waals surface area contributed by atoms with Crippen LogP contribution in [0, 0.1) is 9.10 Å². The number of halogens is 1. The molecule has 2 heterocycles. The molecule has 0 spiro atoms. The van der Waals surface area contributed by atoms with E-state index in [4.69, 9.17) is 5.53 Å². The number of benzene rings is 2. The fraction of sp³-hybridized carbons (Fsp3) is 0. The summed E-state index contributed by atoms with van der Waals surface area (Å²) in [7, 11) is 0. The molecule has 102 valence electrons. The molecule has 0 saturated heterocycles. The predicted octanol–water partition coefficient (Wildman–Crippen LogP) is 4.20. The zero-order chi connectivity index (χ0) is 14.6. The Kier molecular flexibility index (Phi) is 2.61. The largest absolute Gasteiger partial charge is 0.339 e. The molecular formula is C15H9IN4O. The number of fused-ring (bicyclic) bond motifs is 4. The van der Waals surface area contributed by atoms with Crippen molar-refractivity contribution in [3.05, 3.63) is 56.4 Å². The van der Waals surface area contributed by atoms with Crippen LogP contribution in [0.2, 0.25) is 0 Å². The highest BCUT2D eigenvalue weighted by Crippen LogP contribution is 2.33. The first kappa shape index (κ1) is 12.5. The van der Waals surface area contributed by atoms with Crippen molar-refractivity contribution in [2.75, 3.05) is 0 Å². The van der Waals surface area contributed by atoms with Gasteiger partial charge in [0, 0.05) is 8.96 Å². The minimum absolute atomic E-state index is 0.0968. The summed E-state index contributed by atoms with van der Waals surface area (Å²) in [6.07, 6.45) is 0. The quantitative estimate of drug-likeness (QED) is 0.372. The molecule has 0 saturated carbocycles. The Morgan fingerprint density at radius 3 is 2.76 bits per heavy atom. The third-order valence-electron chi connectivity index (χ3n) is 3.63. The molecule has 2 aromatic heterocycles. The lowest BCUT2D eigenvalue weighted by atomic mass is 10.2. The highest BCUT2D eigenvalue weighted by molar-refractivity contribution is 14.1. The second-order valence-electron chi connectivity index (χ2n) is 4.78. The SMILES string of the molecule is N=Nc1c2cc(I)ccc2n2c(=O)c3ccccc3[nH]c12. The van der Waals surface area contributed by atoms with E-state index in [1.54, 1.807) is 10.5 Å². The minimum atomic E-state index is -0.0968. The topological polar surface area (TPSA) is 73.5 Å². The van der Waals surface area contributed by atoms with Gasteiger partial charge in [-0.1, -0.05) is 12.1 Å².